The highest BCUT2D eigenvalue weighted by molar-refractivity contribution is 5.93. The van der Waals surface area contributed by atoms with Gasteiger partial charge in [-0.1, -0.05) is 31.9 Å². The molecule has 1 aliphatic rings. The number of halogens is 1. The number of benzene rings is 1. The maximum atomic E-state index is 14.0. The minimum Gasteiger partial charge on any atom is -0.385 e. The van der Waals surface area contributed by atoms with Gasteiger partial charge in [-0.2, -0.15) is 0 Å². The van der Waals surface area contributed by atoms with Gasteiger partial charge in [-0.05, 0) is 30.7 Å². The summed E-state index contributed by atoms with van der Waals surface area (Å²) in [6.45, 7) is 5.41. The molecule has 2 aromatic rings. The van der Waals surface area contributed by atoms with Crippen molar-refractivity contribution >= 4 is 17.3 Å². The Bertz CT molecular complexity index is 759. The number of carbonyl (C=O) groups excluding carboxylic acids is 1. The molecule has 0 spiro atoms. The lowest BCUT2D eigenvalue weighted by Crippen LogP contribution is -2.49. The fraction of sp³-hybridized carbons (Fsp3) is 0.429. The largest absolute Gasteiger partial charge is 0.385 e. The predicted octanol–water partition coefficient (Wildman–Crippen LogP) is 3.79. The molecule has 6 heteroatoms. The minimum atomic E-state index is -0.221. The summed E-state index contributed by atoms with van der Waals surface area (Å²) in [7, 11) is 0. The zero-order chi connectivity index (χ0) is 19.1. The van der Waals surface area contributed by atoms with Gasteiger partial charge in [0.1, 0.15) is 11.5 Å². The number of amides is 1. The molecular weight excluding hydrogens is 343 g/mol. The molecule has 2 heterocycles. The maximum Gasteiger partial charge on any atom is 0.272 e. The molecule has 1 N–H and O–H groups in total. The quantitative estimate of drug-likeness (QED) is 0.754. The summed E-state index contributed by atoms with van der Waals surface area (Å²) < 4.78 is 14.0. The van der Waals surface area contributed by atoms with Crippen LogP contribution in [0.5, 0.6) is 0 Å². The van der Waals surface area contributed by atoms with Crippen molar-refractivity contribution in [3.05, 3.63) is 54.1 Å². The number of hydrogen-bond donors (Lipinski definition) is 1. The lowest BCUT2D eigenvalue weighted by molar-refractivity contribution is 0.0741. The normalized spacial score (nSPS) is 14.3. The number of unbranched alkanes of at least 4 members (excludes halogenated alkanes) is 2. The highest BCUT2D eigenvalue weighted by atomic mass is 19.1. The Morgan fingerprint density at radius 1 is 1.15 bits per heavy atom. The molecule has 0 atom stereocenters. The summed E-state index contributed by atoms with van der Waals surface area (Å²) >= 11 is 0. The first-order chi connectivity index (χ1) is 13.2. The third-order valence-electron chi connectivity index (χ3n) is 4.85. The molecule has 1 amide bonds. The summed E-state index contributed by atoms with van der Waals surface area (Å²) in [5.41, 5.74) is 1.98. The number of para-hydroxylation sites is 1. The van der Waals surface area contributed by atoms with Crippen LogP contribution in [0.25, 0.3) is 0 Å². The van der Waals surface area contributed by atoms with Crippen molar-refractivity contribution in [2.45, 2.75) is 26.2 Å². The molecule has 5 nitrogen and oxygen atoms in total. The summed E-state index contributed by atoms with van der Waals surface area (Å²) in [5.74, 6) is -0.291. The van der Waals surface area contributed by atoms with Crippen molar-refractivity contribution in [2.24, 2.45) is 0 Å². The van der Waals surface area contributed by atoms with Crippen molar-refractivity contribution < 1.29 is 9.18 Å². The smallest absolute Gasteiger partial charge is 0.272 e. The summed E-state index contributed by atoms with van der Waals surface area (Å²) in [6, 6.07) is 10.5. The first-order valence-corrected chi connectivity index (χ1v) is 9.67. The second-order valence-corrected chi connectivity index (χ2v) is 6.79. The summed E-state index contributed by atoms with van der Waals surface area (Å²) in [4.78, 5) is 20.8. The third kappa shape index (κ3) is 4.96. The van der Waals surface area contributed by atoms with Crippen LogP contribution >= 0.6 is 0 Å². The average molecular weight is 370 g/mol. The van der Waals surface area contributed by atoms with E-state index in [-0.39, 0.29) is 11.7 Å². The van der Waals surface area contributed by atoms with Crippen molar-refractivity contribution in [1.82, 2.24) is 9.88 Å². The van der Waals surface area contributed by atoms with Gasteiger partial charge in [0.25, 0.3) is 5.91 Å². The molecule has 1 aromatic heterocycles. The Morgan fingerprint density at radius 2 is 1.93 bits per heavy atom. The summed E-state index contributed by atoms with van der Waals surface area (Å²) in [6.07, 6.45) is 5.15. The van der Waals surface area contributed by atoms with Gasteiger partial charge in [-0.15, -0.1) is 0 Å². The number of pyridine rings is 1. The van der Waals surface area contributed by atoms with Crippen molar-refractivity contribution in [3.63, 3.8) is 0 Å². The molecule has 1 aliphatic heterocycles. The number of rotatable bonds is 7. The molecule has 1 aromatic carbocycles. The van der Waals surface area contributed by atoms with Crippen LogP contribution < -0.4 is 10.2 Å². The Balaban J connectivity index is 1.57. The average Bonchev–Trinajstić information content (AvgIpc) is 2.71. The molecule has 3 rings (SSSR count). The van der Waals surface area contributed by atoms with Gasteiger partial charge in [-0.25, -0.2) is 4.39 Å². The molecule has 0 bridgehead atoms. The maximum absolute atomic E-state index is 14.0. The van der Waals surface area contributed by atoms with Crippen molar-refractivity contribution in [2.75, 3.05) is 42.9 Å². The van der Waals surface area contributed by atoms with E-state index < -0.39 is 0 Å². The third-order valence-corrected chi connectivity index (χ3v) is 4.85. The van der Waals surface area contributed by atoms with Crippen LogP contribution in [0.1, 0.15) is 36.7 Å². The van der Waals surface area contributed by atoms with E-state index in [9.17, 15) is 9.18 Å². The number of nitrogens with zero attached hydrogens (tertiary/aromatic N) is 3. The first kappa shape index (κ1) is 19.1. The van der Waals surface area contributed by atoms with E-state index in [0.29, 0.717) is 37.6 Å². The molecule has 27 heavy (non-hydrogen) atoms. The standard InChI is InChI=1S/C21H27FN4O/c1-2-3-6-10-23-17-9-11-24-19(16-17)21(27)26-14-12-25(13-15-26)20-8-5-4-7-18(20)22/h4-5,7-9,11,16H,2-3,6,10,12-15H2,1H3,(H,23,24). The van der Waals surface area contributed by atoms with Crippen LogP contribution in [0.4, 0.5) is 15.8 Å². The van der Waals surface area contributed by atoms with Crippen LogP contribution in [0, 0.1) is 5.82 Å². The van der Waals surface area contributed by atoms with Crippen LogP contribution in [0.15, 0.2) is 42.6 Å². The van der Waals surface area contributed by atoms with Gasteiger partial charge < -0.3 is 15.1 Å². The Labute approximate surface area is 160 Å². The van der Waals surface area contributed by atoms with E-state index in [4.69, 9.17) is 0 Å². The number of piperazine rings is 1. The number of nitrogens with one attached hydrogen (secondary N) is 1. The predicted molar refractivity (Wildman–Crippen MR) is 107 cm³/mol. The van der Waals surface area contributed by atoms with E-state index >= 15 is 0 Å². The lowest BCUT2D eigenvalue weighted by Gasteiger charge is -2.36. The van der Waals surface area contributed by atoms with Crippen molar-refractivity contribution in [1.29, 1.82) is 0 Å². The zero-order valence-electron chi connectivity index (χ0n) is 15.8. The van der Waals surface area contributed by atoms with E-state index in [1.165, 1.54) is 18.9 Å². The molecule has 0 aliphatic carbocycles. The molecule has 1 fully saturated rings. The lowest BCUT2D eigenvalue weighted by atomic mass is 10.2. The Morgan fingerprint density at radius 3 is 2.67 bits per heavy atom. The molecule has 0 unspecified atom stereocenters. The SMILES string of the molecule is CCCCCNc1ccnc(C(=O)N2CCN(c3ccccc3F)CC2)c1. The first-order valence-electron chi connectivity index (χ1n) is 9.67. The highest BCUT2D eigenvalue weighted by Crippen LogP contribution is 2.21. The second-order valence-electron chi connectivity index (χ2n) is 6.79. The van der Waals surface area contributed by atoms with Crippen LogP contribution in [-0.4, -0.2) is 48.5 Å². The zero-order valence-corrected chi connectivity index (χ0v) is 15.8. The van der Waals surface area contributed by atoms with Crippen molar-refractivity contribution in [3.8, 4) is 0 Å². The van der Waals surface area contributed by atoms with E-state index in [1.54, 1.807) is 23.2 Å². The van der Waals surface area contributed by atoms with E-state index in [1.807, 2.05) is 23.1 Å². The van der Waals surface area contributed by atoms with E-state index in [2.05, 4.69) is 17.2 Å². The van der Waals surface area contributed by atoms with Gasteiger partial charge >= 0.3 is 0 Å². The van der Waals surface area contributed by atoms with Gasteiger partial charge in [0, 0.05) is 44.6 Å². The monoisotopic (exact) mass is 370 g/mol. The van der Waals surface area contributed by atoms with Gasteiger partial charge in [0.05, 0.1) is 5.69 Å². The number of aromatic nitrogens is 1. The number of anilines is 2. The second kappa shape index (κ2) is 9.35. The minimum absolute atomic E-state index is 0.0691. The Kier molecular flexibility index (Phi) is 6.63. The molecule has 144 valence electrons. The molecule has 0 saturated carbocycles. The number of carbonyl (C=O) groups is 1. The van der Waals surface area contributed by atoms with Gasteiger partial charge in [-0.3, -0.25) is 9.78 Å². The Hall–Kier alpha value is -2.63. The molecular formula is C21H27FN4O. The topological polar surface area (TPSA) is 48.5 Å². The summed E-state index contributed by atoms with van der Waals surface area (Å²) in [5, 5.41) is 3.35. The fourth-order valence-corrected chi connectivity index (χ4v) is 3.29. The van der Waals surface area contributed by atoms with Gasteiger partial charge in [0.15, 0.2) is 0 Å². The molecule has 0 radical (unpaired) electrons. The van der Waals surface area contributed by atoms with Crippen LogP contribution in [-0.2, 0) is 0 Å². The number of hydrogen-bond acceptors (Lipinski definition) is 4. The van der Waals surface area contributed by atoms with Gasteiger partial charge in [0.2, 0.25) is 0 Å². The van der Waals surface area contributed by atoms with E-state index in [0.717, 1.165) is 18.7 Å². The van der Waals surface area contributed by atoms with Crippen LogP contribution in [0.2, 0.25) is 0 Å². The highest BCUT2D eigenvalue weighted by Gasteiger charge is 2.24. The fourth-order valence-electron chi connectivity index (χ4n) is 3.29. The molecule has 1 saturated heterocycles. The van der Waals surface area contributed by atoms with Crippen LogP contribution in [0.3, 0.4) is 0 Å².